The van der Waals surface area contributed by atoms with Crippen LogP contribution in [0, 0.1) is 0 Å². The molecule has 0 atom stereocenters. The first-order chi connectivity index (χ1) is 11.6. The molecule has 8 heteroatoms. The van der Waals surface area contributed by atoms with Gasteiger partial charge < -0.3 is 19.9 Å². The van der Waals surface area contributed by atoms with Crippen molar-refractivity contribution in [3.05, 3.63) is 45.4 Å². The minimum Gasteiger partial charge on any atom is -0.482 e. The number of aliphatic carboxylic acids is 1. The van der Waals surface area contributed by atoms with Gasteiger partial charge in [-0.3, -0.25) is 4.79 Å². The number of carbonyl (C=O) groups excluding carboxylic acids is 1. The number of rotatable bonds is 6. The van der Waals surface area contributed by atoms with Crippen molar-refractivity contribution in [1.82, 2.24) is 10.3 Å². The molecule has 2 N–H and O–H groups in total. The molecule has 1 amide bonds. The molecule has 1 aliphatic rings. The Morgan fingerprint density at radius 1 is 1.33 bits per heavy atom. The highest BCUT2D eigenvalue weighted by Crippen LogP contribution is 2.23. The van der Waals surface area contributed by atoms with Crippen LogP contribution in [0.15, 0.2) is 24.3 Å². The monoisotopic (exact) mass is 348 g/mol. The quantitative estimate of drug-likeness (QED) is 0.823. The van der Waals surface area contributed by atoms with Crippen molar-refractivity contribution in [2.75, 3.05) is 13.2 Å². The molecule has 0 bridgehead atoms. The van der Waals surface area contributed by atoms with Gasteiger partial charge in [-0.1, -0.05) is 0 Å². The van der Waals surface area contributed by atoms with Gasteiger partial charge >= 0.3 is 5.97 Å². The predicted octanol–water partition coefficient (Wildman–Crippen LogP) is 1.61. The van der Waals surface area contributed by atoms with Crippen molar-refractivity contribution in [3.8, 4) is 5.75 Å². The van der Waals surface area contributed by atoms with Crippen LogP contribution in [0.3, 0.4) is 0 Å². The number of thiazole rings is 1. The zero-order chi connectivity index (χ0) is 16.9. The minimum atomic E-state index is -1.05. The fourth-order valence-electron chi connectivity index (χ4n) is 2.26. The number of carbonyl (C=O) groups is 2. The molecule has 0 saturated carbocycles. The molecule has 126 valence electrons. The topological polar surface area (TPSA) is 97.8 Å². The molecule has 0 spiro atoms. The highest BCUT2D eigenvalue weighted by atomic mass is 32.1. The standard InChI is InChI=1S/C16H16N2O5S/c19-15(20)9-23-11-3-1-10(2-4-11)16(21)17-7-14-18-12-5-6-22-8-13(12)24-14/h1-4H,5-9H2,(H,17,21)(H,19,20). The number of hydrogen-bond donors (Lipinski definition) is 2. The van der Waals surface area contributed by atoms with Crippen molar-refractivity contribution in [2.24, 2.45) is 0 Å². The number of carboxylic acids is 1. The van der Waals surface area contributed by atoms with Gasteiger partial charge in [-0.2, -0.15) is 0 Å². The van der Waals surface area contributed by atoms with Gasteiger partial charge in [0, 0.05) is 12.0 Å². The van der Waals surface area contributed by atoms with E-state index in [2.05, 4.69) is 10.3 Å². The molecule has 0 aliphatic carbocycles. The van der Waals surface area contributed by atoms with Crippen molar-refractivity contribution in [1.29, 1.82) is 0 Å². The molecule has 2 aromatic rings. The summed E-state index contributed by atoms with van der Waals surface area (Å²) in [6.07, 6.45) is 0.817. The first-order valence-corrected chi connectivity index (χ1v) is 8.21. The van der Waals surface area contributed by atoms with Crippen LogP contribution in [0.2, 0.25) is 0 Å². The van der Waals surface area contributed by atoms with Gasteiger partial charge in [0.25, 0.3) is 5.91 Å². The number of aromatic nitrogens is 1. The number of carboxylic acid groups (broad SMARTS) is 1. The summed E-state index contributed by atoms with van der Waals surface area (Å²) in [4.78, 5) is 28.2. The lowest BCUT2D eigenvalue weighted by molar-refractivity contribution is -0.139. The number of fused-ring (bicyclic) bond motifs is 1. The van der Waals surface area contributed by atoms with Gasteiger partial charge in [-0.25, -0.2) is 9.78 Å². The SMILES string of the molecule is O=C(O)COc1ccc(C(=O)NCc2nc3c(s2)COCC3)cc1. The van der Waals surface area contributed by atoms with Crippen molar-refractivity contribution in [3.63, 3.8) is 0 Å². The zero-order valence-electron chi connectivity index (χ0n) is 12.8. The summed E-state index contributed by atoms with van der Waals surface area (Å²) >= 11 is 1.56. The molecule has 0 saturated heterocycles. The average molecular weight is 348 g/mol. The Balaban J connectivity index is 1.54. The Hall–Kier alpha value is -2.45. The first-order valence-electron chi connectivity index (χ1n) is 7.40. The molecule has 0 radical (unpaired) electrons. The molecule has 1 aliphatic heterocycles. The summed E-state index contributed by atoms with van der Waals surface area (Å²) < 4.78 is 10.4. The van der Waals surface area contributed by atoms with Crippen molar-refractivity contribution >= 4 is 23.2 Å². The van der Waals surface area contributed by atoms with E-state index in [9.17, 15) is 9.59 Å². The summed E-state index contributed by atoms with van der Waals surface area (Å²) in [5.74, 6) is -0.862. The second kappa shape index (κ2) is 7.41. The highest BCUT2D eigenvalue weighted by molar-refractivity contribution is 7.11. The Morgan fingerprint density at radius 2 is 2.12 bits per heavy atom. The largest absolute Gasteiger partial charge is 0.482 e. The fourth-order valence-corrected chi connectivity index (χ4v) is 3.25. The van der Waals surface area contributed by atoms with Crippen LogP contribution in [-0.4, -0.2) is 35.2 Å². The predicted molar refractivity (Wildman–Crippen MR) is 86.2 cm³/mol. The number of nitrogens with zero attached hydrogens (tertiary/aromatic N) is 1. The number of amides is 1. The second-order valence-corrected chi connectivity index (χ2v) is 6.34. The highest BCUT2D eigenvalue weighted by Gasteiger charge is 2.16. The summed E-state index contributed by atoms with van der Waals surface area (Å²) in [5.41, 5.74) is 1.54. The summed E-state index contributed by atoms with van der Waals surface area (Å²) in [5, 5.41) is 12.2. The van der Waals surface area contributed by atoms with Gasteiger partial charge in [-0.15, -0.1) is 11.3 Å². The van der Waals surface area contributed by atoms with Crippen LogP contribution in [0.1, 0.15) is 25.9 Å². The molecule has 2 heterocycles. The Bertz CT molecular complexity index is 718. The molecule has 1 aromatic carbocycles. The van der Waals surface area contributed by atoms with E-state index < -0.39 is 12.6 Å². The number of benzene rings is 1. The average Bonchev–Trinajstić information content (AvgIpc) is 3.01. The Morgan fingerprint density at radius 3 is 2.83 bits per heavy atom. The summed E-state index contributed by atoms with van der Waals surface area (Å²) in [6, 6.07) is 6.31. The minimum absolute atomic E-state index is 0.218. The lowest BCUT2D eigenvalue weighted by atomic mass is 10.2. The van der Waals surface area contributed by atoms with Crippen LogP contribution in [-0.2, 0) is 29.1 Å². The van der Waals surface area contributed by atoms with E-state index in [1.165, 1.54) is 0 Å². The Labute approximate surface area is 142 Å². The van der Waals surface area contributed by atoms with Crippen LogP contribution in [0.4, 0.5) is 0 Å². The van der Waals surface area contributed by atoms with Crippen molar-refractivity contribution in [2.45, 2.75) is 19.6 Å². The molecule has 0 unspecified atom stereocenters. The van der Waals surface area contributed by atoms with Gasteiger partial charge in [-0.05, 0) is 24.3 Å². The molecule has 1 aromatic heterocycles. The second-order valence-electron chi connectivity index (χ2n) is 5.17. The van der Waals surface area contributed by atoms with E-state index in [1.54, 1.807) is 35.6 Å². The Kier molecular flexibility index (Phi) is 5.07. The summed E-state index contributed by atoms with van der Waals surface area (Å²) in [7, 11) is 0. The van der Waals surface area contributed by atoms with Crippen molar-refractivity contribution < 1.29 is 24.2 Å². The first kappa shape index (κ1) is 16.4. The number of ether oxygens (including phenoxy) is 2. The fraction of sp³-hybridized carbons (Fsp3) is 0.312. The third kappa shape index (κ3) is 4.09. The lowest BCUT2D eigenvalue weighted by Crippen LogP contribution is -2.22. The maximum absolute atomic E-state index is 12.1. The van der Waals surface area contributed by atoms with Gasteiger partial charge in [0.15, 0.2) is 6.61 Å². The van der Waals surface area contributed by atoms with Crippen LogP contribution in [0.25, 0.3) is 0 Å². The van der Waals surface area contributed by atoms with Gasteiger partial charge in [0.05, 0.1) is 30.3 Å². The maximum Gasteiger partial charge on any atom is 0.341 e. The van der Waals surface area contributed by atoms with Gasteiger partial charge in [0.2, 0.25) is 0 Å². The molecular weight excluding hydrogens is 332 g/mol. The lowest BCUT2D eigenvalue weighted by Gasteiger charge is -2.08. The molecule has 24 heavy (non-hydrogen) atoms. The van der Waals surface area contributed by atoms with Crippen LogP contribution in [0.5, 0.6) is 5.75 Å². The van der Waals surface area contributed by atoms with Gasteiger partial charge in [0.1, 0.15) is 10.8 Å². The van der Waals surface area contributed by atoms with E-state index in [1.807, 2.05) is 0 Å². The summed E-state index contributed by atoms with van der Waals surface area (Å²) in [6.45, 7) is 1.25. The van der Waals surface area contributed by atoms with Crippen LogP contribution >= 0.6 is 11.3 Å². The molecular formula is C16H16N2O5S. The van der Waals surface area contributed by atoms with E-state index >= 15 is 0 Å². The number of nitrogens with one attached hydrogen (secondary N) is 1. The third-order valence-electron chi connectivity index (χ3n) is 3.42. The molecule has 3 rings (SSSR count). The van der Waals surface area contributed by atoms with E-state index in [0.29, 0.717) is 31.1 Å². The zero-order valence-corrected chi connectivity index (χ0v) is 13.6. The smallest absolute Gasteiger partial charge is 0.341 e. The van der Waals surface area contributed by atoms with E-state index in [4.69, 9.17) is 14.6 Å². The molecule has 0 fully saturated rings. The van der Waals surface area contributed by atoms with E-state index in [-0.39, 0.29) is 5.91 Å². The number of hydrogen-bond acceptors (Lipinski definition) is 6. The maximum atomic E-state index is 12.1. The normalized spacial score (nSPS) is 13.2. The van der Waals surface area contributed by atoms with E-state index in [0.717, 1.165) is 22.0 Å². The molecule has 7 nitrogen and oxygen atoms in total. The van der Waals surface area contributed by atoms with Crippen LogP contribution < -0.4 is 10.1 Å². The third-order valence-corrected chi connectivity index (χ3v) is 4.49.